The molecule has 0 saturated carbocycles. The third-order valence-corrected chi connectivity index (χ3v) is 3.95. The van der Waals surface area contributed by atoms with E-state index in [1.54, 1.807) is 4.57 Å². The number of carbonyl (C=O) groups excluding carboxylic acids is 1. The molecule has 1 atom stereocenters. The Kier molecular flexibility index (Phi) is 7.51. The van der Waals surface area contributed by atoms with Gasteiger partial charge >= 0.3 is 5.69 Å². The summed E-state index contributed by atoms with van der Waals surface area (Å²) in [5.74, 6) is 0.274. The first-order valence-corrected chi connectivity index (χ1v) is 8.15. The number of nitrogens with one attached hydrogen (secondary N) is 1. The Balaban J connectivity index is 0.00000288. The molecule has 0 aliphatic carbocycles. The molecule has 1 unspecified atom stereocenters. The van der Waals surface area contributed by atoms with Gasteiger partial charge in [-0.15, -0.1) is 12.4 Å². The van der Waals surface area contributed by atoms with E-state index in [9.17, 15) is 9.59 Å². The van der Waals surface area contributed by atoms with Gasteiger partial charge in [-0.2, -0.15) is 0 Å². The molecule has 7 heteroatoms. The van der Waals surface area contributed by atoms with Gasteiger partial charge in [-0.25, -0.2) is 4.79 Å². The van der Waals surface area contributed by atoms with Crippen molar-refractivity contribution in [2.24, 2.45) is 11.7 Å². The average molecular weight is 355 g/mol. The van der Waals surface area contributed by atoms with Crippen molar-refractivity contribution < 1.29 is 4.79 Å². The van der Waals surface area contributed by atoms with E-state index in [1.165, 1.54) is 4.57 Å². The van der Waals surface area contributed by atoms with Crippen molar-refractivity contribution >= 4 is 29.3 Å². The summed E-state index contributed by atoms with van der Waals surface area (Å²) in [5, 5.41) is 2.93. The van der Waals surface area contributed by atoms with Crippen LogP contribution in [-0.4, -0.2) is 27.6 Å². The molecule has 3 N–H and O–H groups in total. The first kappa shape index (κ1) is 20.3. The van der Waals surface area contributed by atoms with Crippen molar-refractivity contribution in [1.82, 2.24) is 14.5 Å². The number of para-hydroxylation sites is 2. The van der Waals surface area contributed by atoms with E-state index in [0.717, 1.165) is 17.5 Å². The second kappa shape index (κ2) is 8.89. The summed E-state index contributed by atoms with van der Waals surface area (Å²) in [5.41, 5.74) is 7.20. The van der Waals surface area contributed by atoms with E-state index >= 15 is 0 Å². The molecule has 0 fully saturated rings. The van der Waals surface area contributed by atoms with Gasteiger partial charge in [0.1, 0.15) is 6.54 Å². The number of amides is 1. The van der Waals surface area contributed by atoms with E-state index < -0.39 is 0 Å². The van der Waals surface area contributed by atoms with Crippen LogP contribution in [-0.2, 0) is 17.9 Å². The zero-order chi connectivity index (χ0) is 17.0. The van der Waals surface area contributed by atoms with Crippen molar-refractivity contribution in [2.45, 2.75) is 46.3 Å². The number of benzene rings is 1. The van der Waals surface area contributed by atoms with Crippen LogP contribution in [0.4, 0.5) is 0 Å². The van der Waals surface area contributed by atoms with Gasteiger partial charge in [0.15, 0.2) is 0 Å². The predicted molar refractivity (Wildman–Crippen MR) is 99.6 cm³/mol. The summed E-state index contributed by atoms with van der Waals surface area (Å²) in [7, 11) is 0. The molecule has 2 aromatic rings. The standard InChI is InChI=1S/C17H26N4O2.ClH/c1-4-20-14-7-5-6-8-15(14)21(17(20)23)11-16(22)19-13(10-18)9-12(2)3;/h5-8,12-13H,4,9-11,18H2,1-3H3,(H,19,22);1H. The zero-order valence-electron chi connectivity index (χ0n) is 14.5. The topological polar surface area (TPSA) is 82.0 Å². The fourth-order valence-electron chi connectivity index (χ4n) is 2.93. The zero-order valence-corrected chi connectivity index (χ0v) is 15.3. The van der Waals surface area contributed by atoms with Gasteiger partial charge in [0.25, 0.3) is 0 Å². The van der Waals surface area contributed by atoms with Crippen LogP contribution in [0.5, 0.6) is 0 Å². The molecule has 134 valence electrons. The predicted octanol–water partition coefficient (Wildman–Crippen LogP) is 1.73. The highest BCUT2D eigenvalue weighted by atomic mass is 35.5. The molecule has 1 heterocycles. The summed E-state index contributed by atoms with van der Waals surface area (Å²) < 4.78 is 3.20. The number of nitrogens with zero attached hydrogens (tertiary/aromatic N) is 2. The third-order valence-electron chi connectivity index (χ3n) is 3.95. The average Bonchev–Trinajstić information content (AvgIpc) is 2.78. The molecule has 24 heavy (non-hydrogen) atoms. The van der Waals surface area contributed by atoms with Crippen LogP contribution in [0, 0.1) is 5.92 Å². The van der Waals surface area contributed by atoms with Crippen LogP contribution in [0.3, 0.4) is 0 Å². The number of imidazole rings is 1. The summed E-state index contributed by atoms with van der Waals surface area (Å²) in [6.07, 6.45) is 0.827. The normalized spacial score (nSPS) is 12.2. The minimum absolute atomic E-state index is 0. The Labute approximate surface area is 148 Å². The lowest BCUT2D eigenvalue weighted by atomic mass is 10.0. The highest BCUT2D eigenvalue weighted by Gasteiger charge is 2.17. The first-order chi connectivity index (χ1) is 11.0. The molecule has 0 bridgehead atoms. The summed E-state index contributed by atoms with van der Waals surface area (Å²) in [6, 6.07) is 7.47. The number of hydrogen-bond donors (Lipinski definition) is 2. The lowest BCUT2D eigenvalue weighted by molar-refractivity contribution is -0.122. The van der Waals surface area contributed by atoms with Gasteiger partial charge < -0.3 is 11.1 Å². The van der Waals surface area contributed by atoms with E-state index in [4.69, 9.17) is 5.73 Å². The van der Waals surface area contributed by atoms with Crippen molar-refractivity contribution in [3.8, 4) is 0 Å². The van der Waals surface area contributed by atoms with Crippen molar-refractivity contribution in [3.63, 3.8) is 0 Å². The number of halogens is 1. The Hall–Kier alpha value is -1.79. The SMILES string of the molecule is CCn1c(=O)n(CC(=O)NC(CN)CC(C)C)c2ccccc21.Cl. The number of fused-ring (bicyclic) bond motifs is 1. The molecule has 0 aliphatic heterocycles. The van der Waals surface area contributed by atoms with E-state index in [0.29, 0.717) is 19.0 Å². The Morgan fingerprint density at radius 3 is 2.29 bits per heavy atom. The maximum Gasteiger partial charge on any atom is 0.329 e. The van der Waals surface area contributed by atoms with Crippen molar-refractivity contribution in [3.05, 3.63) is 34.7 Å². The number of nitrogens with two attached hydrogens (primary N) is 1. The molecule has 0 spiro atoms. The molecule has 1 aromatic carbocycles. The Morgan fingerprint density at radius 1 is 1.21 bits per heavy atom. The highest BCUT2D eigenvalue weighted by Crippen LogP contribution is 2.12. The molecule has 0 saturated heterocycles. The Bertz CT molecular complexity index is 736. The molecular weight excluding hydrogens is 328 g/mol. The maximum absolute atomic E-state index is 12.5. The quantitative estimate of drug-likeness (QED) is 0.794. The van der Waals surface area contributed by atoms with Crippen LogP contribution >= 0.6 is 12.4 Å². The second-order valence-electron chi connectivity index (χ2n) is 6.23. The van der Waals surface area contributed by atoms with Crippen molar-refractivity contribution in [1.29, 1.82) is 0 Å². The fraction of sp³-hybridized carbons (Fsp3) is 0.529. The second-order valence-corrected chi connectivity index (χ2v) is 6.23. The van der Waals surface area contributed by atoms with Crippen LogP contribution in [0.2, 0.25) is 0 Å². The van der Waals surface area contributed by atoms with E-state index in [1.807, 2.05) is 31.2 Å². The van der Waals surface area contributed by atoms with Crippen LogP contribution < -0.4 is 16.7 Å². The van der Waals surface area contributed by atoms with E-state index in [2.05, 4.69) is 19.2 Å². The molecule has 1 amide bonds. The molecule has 6 nitrogen and oxygen atoms in total. The van der Waals surface area contributed by atoms with Crippen LogP contribution in [0.25, 0.3) is 11.0 Å². The molecule has 2 rings (SSSR count). The van der Waals surface area contributed by atoms with Gasteiger partial charge in [-0.05, 0) is 31.4 Å². The maximum atomic E-state index is 12.5. The molecular formula is C17H27ClN4O2. The number of carbonyl (C=O) groups is 1. The van der Waals surface area contributed by atoms with Crippen LogP contribution in [0.15, 0.2) is 29.1 Å². The number of aromatic nitrogens is 2. The fourth-order valence-corrected chi connectivity index (χ4v) is 2.93. The lowest BCUT2D eigenvalue weighted by Crippen LogP contribution is -2.43. The lowest BCUT2D eigenvalue weighted by Gasteiger charge is -2.18. The minimum Gasteiger partial charge on any atom is -0.351 e. The number of rotatable bonds is 7. The molecule has 0 radical (unpaired) electrons. The smallest absolute Gasteiger partial charge is 0.329 e. The third kappa shape index (κ3) is 4.39. The molecule has 1 aromatic heterocycles. The summed E-state index contributed by atoms with van der Waals surface area (Å²) in [6.45, 7) is 7.09. The summed E-state index contributed by atoms with van der Waals surface area (Å²) in [4.78, 5) is 24.8. The van der Waals surface area contributed by atoms with Gasteiger partial charge in [0, 0.05) is 19.1 Å². The highest BCUT2D eigenvalue weighted by molar-refractivity contribution is 5.85. The van der Waals surface area contributed by atoms with Gasteiger partial charge in [0.05, 0.1) is 11.0 Å². The molecule has 0 aliphatic rings. The first-order valence-electron chi connectivity index (χ1n) is 8.15. The minimum atomic E-state index is -0.179. The van der Waals surface area contributed by atoms with Gasteiger partial charge in [-0.1, -0.05) is 26.0 Å². The Morgan fingerprint density at radius 2 is 1.79 bits per heavy atom. The van der Waals surface area contributed by atoms with Gasteiger partial charge in [-0.3, -0.25) is 13.9 Å². The largest absolute Gasteiger partial charge is 0.351 e. The van der Waals surface area contributed by atoms with E-state index in [-0.39, 0.29) is 36.6 Å². The van der Waals surface area contributed by atoms with Crippen LogP contribution in [0.1, 0.15) is 27.2 Å². The number of hydrogen-bond acceptors (Lipinski definition) is 3. The summed E-state index contributed by atoms with van der Waals surface area (Å²) >= 11 is 0. The monoisotopic (exact) mass is 354 g/mol. The number of aryl methyl sites for hydroxylation is 1. The van der Waals surface area contributed by atoms with Gasteiger partial charge in [0.2, 0.25) is 5.91 Å². The van der Waals surface area contributed by atoms with Crippen molar-refractivity contribution in [2.75, 3.05) is 6.54 Å².